The van der Waals surface area contributed by atoms with E-state index in [1.165, 1.54) is 12.1 Å². The van der Waals surface area contributed by atoms with E-state index in [0.717, 1.165) is 4.80 Å². The first kappa shape index (κ1) is 20.6. The zero-order valence-corrected chi connectivity index (χ0v) is 14.5. The Labute approximate surface area is 159 Å². The van der Waals surface area contributed by atoms with E-state index in [1.54, 1.807) is 12.1 Å². The van der Waals surface area contributed by atoms with Gasteiger partial charge in [-0.2, -0.15) is 31.1 Å². The quantitative estimate of drug-likeness (QED) is 0.611. The topological polar surface area (TPSA) is 75.9 Å². The SMILES string of the molecule is OCCn1nnc(-c2ccccc2Nc2cc(C(F)(F)F)cc(C(F)(F)F)c2)n1. The van der Waals surface area contributed by atoms with Crippen LogP contribution in [0.1, 0.15) is 11.1 Å². The lowest BCUT2D eigenvalue weighted by atomic mass is 10.1. The maximum absolute atomic E-state index is 13.0. The van der Waals surface area contributed by atoms with Gasteiger partial charge in [0.2, 0.25) is 5.82 Å². The van der Waals surface area contributed by atoms with Crippen molar-refractivity contribution < 1.29 is 31.4 Å². The molecule has 0 aliphatic heterocycles. The number of nitrogens with one attached hydrogen (secondary N) is 1. The van der Waals surface area contributed by atoms with Crippen molar-refractivity contribution in [1.82, 2.24) is 20.2 Å². The number of tetrazole rings is 1. The van der Waals surface area contributed by atoms with E-state index in [4.69, 9.17) is 5.11 Å². The van der Waals surface area contributed by atoms with Gasteiger partial charge in [0.15, 0.2) is 0 Å². The molecule has 0 unspecified atom stereocenters. The summed E-state index contributed by atoms with van der Waals surface area (Å²) in [5.41, 5.74) is -2.77. The second kappa shape index (κ2) is 7.70. The van der Waals surface area contributed by atoms with Crippen molar-refractivity contribution in [2.45, 2.75) is 18.9 Å². The highest BCUT2D eigenvalue weighted by molar-refractivity contribution is 5.77. The molecule has 1 heterocycles. The van der Waals surface area contributed by atoms with Crippen molar-refractivity contribution in [2.24, 2.45) is 0 Å². The van der Waals surface area contributed by atoms with Gasteiger partial charge in [0.05, 0.1) is 24.3 Å². The van der Waals surface area contributed by atoms with Crippen LogP contribution >= 0.6 is 0 Å². The van der Waals surface area contributed by atoms with Crippen LogP contribution in [0.5, 0.6) is 0 Å². The van der Waals surface area contributed by atoms with Gasteiger partial charge < -0.3 is 10.4 Å². The van der Waals surface area contributed by atoms with Crippen LogP contribution < -0.4 is 5.32 Å². The Bertz CT molecular complexity index is 966. The number of aliphatic hydroxyl groups is 1. The molecule has 6 nitrogen and oxygen atoms in total. The highest BCUT2D eigenvalue weighted by Crippen LogP contribution is 2.38. The summed E-state index contributed by atoms with van der Waals surface area (Å²) in [4.78, 5) is 1.11. The maximum Gasteiger partial charge on any atom is 0.416 e. The minimum absolute atomic E-state index is 0.0547. The molecule has 154 valence electrons. The van der Waals surface area contributed by atoms with Gasteiger partial charge in [-0.1, -0.05) is 12.1 Å². The van der Waals surface area contributed by atoms with Gasteiger partial charge in [-0.15, -0.1) is 10.2 Å². The minimum Gasteiger partial charge on any atom is -0.394 e. The standard InChI is InChI=1S/C17H13F6N5O/c18-16(19,20)10-7-11(17(21,22)23)9-12(8-10)24-14-4-2-1-3-13(14)15-25-27-28(26-15)5-6-29/h1-4,7-9,24,29H,5-6H2. The van der Waals surface area contributed by atoms with Crippen LogP contribution in [0.15, 0.2) is 42.5 Å². The zero-order chi connectivity index (χ0) is 21.2. The number of hydrogen-bond acceptors (Lipinski definition) is 5. The molecule has 29 heavy (non-hydrogen) atoms. The van der Waals surface area contributed by atoms with Gasteiger partial charge in [0.25, 0.3) is 0 Å². The van der Waals surface area contributed by atoms with Gasteiger partial charge >= 0.3 is 12.4 Å². The van der Waals surface area contributed by atoms with Gasteiger partial charge in [-0.25, -0.2) is 0 Å². The number of hydrogen-bond donors (Lipinski definition) is 2. The molecule has 0 aliphatic rings. The Balaban J connectivity index is 2.02. The second-order valence-corrected chi connectivity index (χ2v) is 5.90. The number of alkyl halides is 6. The molecule has 0 amide bonds. The van der Waals surface area contributed by atoms with Crippen LogP contribution in [0.4, 0.5) is 37.7 Å². The molecule has 3 aromatic rings. The second-order valence-electron chi connectivity index (χ2n) is 5.90. The summed E-state index contributed by atoms with van der Waals surface area (Å²) in [6, 6.07) is 7.35. The summed E-state index contributed by atoms with van der Waals surface area (Å²) in [5, 5.41) is 23.0. The third-order valence-electron chi connectivity index (χ3n) is 3.79. The van der Waals surface area contributed by atoms with E-state index in [1.807, 2.05) is 0 Å². The summed E-state index contributed by atoms with van der Waals surface area (Å²) in [5.74, 6) is 0.0876. The fraction of sp³-hybridized carbons (Fsp3) is 0.235. The number of anilines is 2. The van der Waals surface area contributed by atoms with Crippen molar-refractivity contribution in [3.8, 4) is 11.4 Å². The molecule has 3 rings (SSSR count). The highest BCUT2D eigenvalue weighted by Gasteiger charge is 2.37. The summed E-state index contributed by atoms with van der Waals surface area (Å²) in [6.45, 7) is -0.161. The molecule has 0 spiro atoms. The molecule has 0 saturated heterocycles. The number of rotatable bonds is 5. The lowest BCUT2D eigenvalue weighted by molar-refractivity contribution is -0.143. The average Bonchev–Trinajstić information content (AvgIpc) is 3.09. The first-order valence-electron chi connectivity index (χ1n) is 8.12. The smallest absolute Gasteiger partial charge is 0.394 e. The molecule has 0 radical (unpaired) electrons. The van der Waals surface area contributed by atoms with Crippen molar-refractivity contribution >= 4 is 11.4 Å². The van der Waals surface area contributed by atoms with E-state index in [0.29, 0.717) is 17.7 Å². The summed E-state index contributed by atoms with van der Waals surface area (Å²) in [7, 11) is 0. The van der Waals surface area contributed by atoms with Gasteiger partial charge in [0, 0.05) is 16.9 Å². The van der Waals surface area contributed by atoms with Crippen LogP contribution in [-0.2, 0) is 18.9 Å². The van der Waals surface area contributed by atoms with Gasteiger partial charge in [-0.3, -0.25) is 0 Å². The maximum atomic E-state index is 13.0. The van der Waals surface area contributed by atoms with Crippen molar-refractivity contribution in [3.05, 3.63) is 53.6 Å². The first-order valence-corrected chi connectivity index (χ1v) is 8.12. The number of aliphatic hydroxyl groups excluding tert-OH is 1. The molecule has 0 aliphatic carbocycles. The first-order chi connectivity index (χ1) is 13.6. The molecule has 12 heteroatoms. The van der Waals surface area contributed by atoms with E-state index in [2.05, 4.69) is 20.7 Å². The molecule has 1 aromatic heterocycles. The zero-order valence-electron chi connectivity index (χ0n) is 14.5. The van der Waals surface area contributed by atoms with Crippen LogP contribution in [-0.4, -0.2) is 31.9 Å². The van der Waals surface area contributed by atoms with E-state index in [-0.39, 0.29) is 30.7 Å². The minimum atomic E-state index is -4.95. The van der Waals surface area contributed by atoms with E-state index < -0.39 is 29.2 Å². The number of nitrogens with zero attached hydrogens (tertiary/aromatic N) is 4. The largest absolute Gasteiger partial charge is 0.416 e. The molecular formula is C17H13F6N5O. The number of para-hydroxylation sites is 1. The Morgan fingerprint density at radius 3 is 2.14 bits per heavy atom. The monoisotopic (exact) mass is 417 g/mol. The average molecular weight is 417 g/mol. The van der Waals surface area contributed by atoms with E-state index >= 15 is 0 Å². The molecule has 0 fully saturated rings. The summed E-state index contributed by atoms with van der Waals surface area (Å²) < 4.78 is 78.3. The predicted molar refractivity (Wildman–Crippen MR) is 90.1 cm³/mol. The third-order valence-corrected chi connectivity index (χ3v) is 3.79. The van der Waals surface area contributed by atoms with Crippen LogP contribution in [0.2, 0.25) is 0 Å². The molecule has 0 atom stereocenters. The number of halogens is 6. The Morgan fingerprint density at radius 1 is 0.931 bits per heavy atom. The van der Waals surface area contributed by atoms with Crippen molar-refractivity contribution in [2.75, 3.05) is 11.9 Å². The Kier molecular flexibility index (Phi) is 5.46. The Hall–Kier alpha value is -3.15. The lowest BCUT2D eigenvalue weighted by Gasteiger charge is -2.16. The fourth-order valence-corrected chi connectivity index (χ4v) is 2.50. The normalized spacial score (nSPS) is 12.2. The lowest BCUT2D eigenvalue weighted by Crippen LogP contribution is -2.11. The van der Waals surface area contributed by atoms with E-state index in [9.17, 15) is 26.3 Å². The van der Waals surface area contributed by atoms with Gasteiger partial charge in [0.1, 0.15) is 0 Å². The van der Waals surface area contributed by atoms with Crippen LogP contribution in [0.25, 0.3) is 11.4 Å². The van der Waals surface area contributed by atoms with Gasteiger partial charge in [-0.05, 0) is 35.5 Å². The van der Waals surface area contributed by atoms with Crippen molar-refractivity contribution in [3.63, 3.8) is 0 Å². The fourth-order valence-electron chi connectivity index (χ4n) is 2.50. The summed E-state index contributed by atoms with van der Waals surface area (Å²) >= 11 is 0. The third kappa shape index (κ3) is 4.83. The molecule has 2 N–H and O–H groups in total. The number of aromatic nitrogens is 4. The van der Waals surface area contributed by atoms with Crippen LogP contribution in [0.3, 0.4) is 0 Å². The molecular weight excluding hydrogens is 404 g/mol. The summed E-state index contributed by atoms with van der Waals surface area (Å²) in [6.07, 6.45) is -9.91. The number of benzene rings is 2. The molecule has 0 saturated carbocycles. The molecule has 0 bridgehead atoms. The molecule has 2 aromatic carbocycles. The highest BCUT2D eigenvalue weighted by atomic mass is 19.4. The Morgan fingerprint density at radius 2 is 1.55 bits per heavy atom. The predicted octanol–water partition coefficient (Wildman–Crippen LogP) is 4.11. The van der Waals surface area contributed by atoms with Crippen molar-refractivity contribution in [1.29, 1.82) is 0 Å². The van der Waals surface area contributed by atoms with Crippen LogP contribution in [0, 0.1) is 0 Å².